The Hall–Kier alpha value is -2.70. The van der Waals surface area contributed by atoms with Gasteiger partial charge in [0.1, 0.15) is 11.5 Å². The van der Waals surface area contributed by atoms with Crippen molar-refractivity contribution in [2.75, 3.05) is 6.54 Å². The highest BCUT2D eigenvalue weighted by atomic mass is 16.5. The van der Waals surface area contributed by atoms with Gasteiger partial charge < -0.3 is 14.7 Å². The first-order chi connectivity index (χ1) is 10.6. The highest BCUT2D eigenvalue weighted by Gasteiger charge is 2.27. The topological polar surface area (TPSA) is 88.3 Å². The van der Waals surface area contributed by atoms with Crippen molar-refractivity contribution >= 4 is 11.8 Å². The summed E-state index contributed by atoms with van der Waals surface area (Å²) >= 11 is 0. The van der Waals surface area contributed by atoms with Gasteiger partial charge >= 0.3 is 0 Å². The molecule has 0 fully saturated rings. The van der Waals surface area contributed by atoms with Crippen LogP contribution in [0.15, 0.2) is 29.0 Å². The van der Waals surface area contributed by atoms with Crippen LogP contribution in [0.1, 0.15) is 34.3 Å². The number of aromatic nitrogens is 2. The number of carbonyl (C=O) groups is 2. The van der Waals surface area contributed by atoms with E-state index in [4.69, 9.17) is 4.52 Å². The molecule has 0 atom stereocenters. The first kappa shape index (κ1) is 14.2. The van der Waals surface area contributed by atoms with E-state index in [2.05, 4.69) is 15.5 Å². The van der Waals surface area contributed by atoms with Crippen molar-refractivity contribution in [3.8, 4) is 0 Å². The fourth-order valence-corrected chi connectivity index (χ4v) is 2.46. The molecule has 1 aliphatic heterocycles. The van der Waals surface area contributed by atoms with Crippen LogP contribution in [-0.4, -0.2) is 33.4 Å². The van der Waals surface area contributed by atoms with Crippen molar-refractivity contribution in [2.45, 2.75) is 26.4 Å². The molecule has 7 heteroatoms. The van der Waals surface area contributed by atoms with Crippen molar-refractivity contribution in [1.82, 2.24) is 20.4 Å². The highest BCUT2D eigenvalue weighted by Crippen LogP contribution is 2.23. The number of fused-ring (bicyclic) bond motifs is 1. The summed E-state index contributed by atoms with van der Waals surface area (Å²) in [5.41, 5.74) is 2.12. The summed E-state index contributed by atoms with van der Waals surface area (Å²) in [5, 5.41) is 6.70. The number of carbonyl (C=O) groups excluding carboxylic acids is 2. The van der Waals surface area contributed by atoms with Crippen molar-refractivity contribution in [2.24, 2.45) is 0 Å². The summed E-state index contributed by atoms with van der Waals surface area (Å²) in [4.78, 5) is 29.2. The summed E-state index contributed by atoms with van der Waals surface area (Å²) in [6, 6.07) is 3.49. The molecule has 7 nitrogen and oxygen atoms in total. The third-order valence-corrected chi connectivity index (χ3v) is 3.61. The second-order valence-corrected chi connectivity index (χ2v) is 5.16. The number of hydrogen-bond acceptors (Lipinski definition) is 5. The highest BCUT2D eigenvalue weighted by molar-refractivity contribution is 5.94. The number of nitrogens with one attached hydrogen (secondary N) is 1. The van der Waals surface area contributed by atoms with Crippen LogP contribution >= 0.6 is 0 Å². The van der Waals surface area contributed by atoms with Crippen LogP contribution in [-0.2, 0) is 24.3 Å². The smallest absolute Gasteiger partial charge is 0.255 e. The molecule has 2 aromatic heterocycles. The van der Waals surface area contributed by atoms with E-state index in [-0.39, 0.29) is 11.8 Å². The molecule has 0 radical (unpaired) electrons. The largest absolute Gasteiger partial charge is 0.361 e. The van der Waals surface area contributed by atoms with Gasteiger partial charge in [-0.1, -0.05) is 5.16 Å². The van der Waals surface area contributed by atoms with Gasteiger partial charge in [-0.25, -0.2) is 0 Å². The zero-order valence-corrected chi connectivity index (χ0v) is 12.2. The van der Waals surface area contributed by atoms with Gasteiger partial charge in [-0.3, -0.25) is 14.6 Å². The normalized spacial score (nSPS) is 13.6. The van der Waals surface area contributed by atoms with E-state index in [1.165, 1.54) is 6.92 Å². The van der Waals surface area contributed by atoms with Gasteiger partial charge in [0.15, 0.2) is 0 Å². The van der Waals surface area contributed by atoms with E-state index in [0.717, 1.165) is 11.3 Å². The molecule has 2 aromatic rings. The summed E-state index contributed by atoms with van der Waals surface area (Å²) in [5.74, 6) is 0.594. The fourth-order valence-electron chi connectivity index (χ4n) is 2.46. The molecule has 0 spiro atoms. The van der Waals surface area contributed by atoms with E-state index < -0.39 is 0 Å². The Morgan fingerprint density at radius 1 is 1.45 bits per heavy atom. The van der Waals surface area contributed by atoms with Gasteiger partial charge in [-0.15, -0.1) is 0 Å². The van der Waals surface area contributed by atoms with Crippen molar-refractivity contribution in [3.05, 3.63) is 47.1 Å². The average molecular weight is 300 g/mol. The SMILES string of the molecule is CC(=O)NCc1noc2c1CN(C(=O)c1cccnc1)CC2. The lowest BCUT2D eigenvalue weighted by atomic mass is 10.0. The molecule has 114 valence electrons. The monoisotopic (exact) mass is 300 g/mol. The predicted molar refractivity (Wildman–Crippen MR) is 76.7 cm³/mol. The number of nitrogens with zero attached hydrogens (tertiary/aromatic N) is 3. The molecule has 3 heterocycles. The second kappa shape index (κ2) is 5.97. The summed E-state index contributed by atoms with van der Waals surface area (Å²) in [6.45, 7) is 2.77. The Morgan fingerprint density at radius 2 is 2.32 bits per heavy atom. The number of amides is 2. The Kier molecular flexibility index (Phi) is 3.86. The fraction of sp³-hybridized carbons (Fsp3) is 0.333. The Morgan fingerprint density at radius 3 is 3.05 bits per heavy atom. The lowest BCUT2D eigenvalue weighted by Crippen LogP contribution is -2.36. The van der Waals surface area contributed by atoms with Crippen LogP contribution in [0.2, 0.25) is 0 Å². The maximum Gasteiger partial charge on any atom is 0.255 e. The molecule has 0 unspecified atom stereocenters. The van der Waals surface area contributed by atoms with E-state index in [1.807, 2.05) is 0 Å². The minimum absolute atomic E-state index is 0.0644. The van der Waals surface area contributed by atoms with Crippen LogP contribution in [0.3, 0.4) is 0 Å². The van der Waals surface area contributed by atoms with Gasteiger partial charge in [-0.2, -0.15) is 0 Å². The number of pyridine rings is 1. The zero-order valence-electron chi connectivity index (χ0n) is 12.2. The van der Waals surface area contributed by atoms with E-state index in [1.54, 1.807) is 29.4 Å². The first-order valence-corrected chi connectivity index (χ1v) is 7.05. The molecule has 0 bridgehead atoms. The van der Waals surface area contributed by atoms with Crippen LogP contribution in [0, 0.1) is 0 Å². The average Bonchev–Trinajstić information content (AvgIpc) is 2.95. The maximum absolute atomic E-state index is 12.5. The minimum Gasteiger partial charge on any atom is -0.361 e. The quantitative estimate of drug-likeness (QED) is 0.910. The Balaban J connectivity index is 1.76. The Labute approximate surface area is 127 Å². The molecule has 0 aliphatic carbocycles. The third-order valence-electron chi connectivity index (χ3n) is 3.61. The molecule has 1 aliphatic rings. The van der Waals surface area contributed by atoms with E-state index >= 15 is 0 Å². The lowest BCUT2D eigenvalue weighted by Gasteiger charge is -2.26. The van der Waals surface area contributed by atoms with E-state index in [9.17, 15) is 9.59 Å². The Bertz CT molecular complexity index is 696. The van der Waals surface area contributed by atoms with Crippen LogP contribution in [0.5, 0.6) is 0 Å². The summed E-state index contributed by atoms with van der Waals surface area (Å²) in [6.07, 6.45) is 3.81. The zero-order chi connectivity index (χ0) is 15.5. The van der Waals surface area contributed by atoms with Crippen molar-refractivity contribution in [1.29, 1.82) is 0 Å². The van der Waals surface area contributed by atoms with Gasteiger partial charge in [0.2, 0.25) is 5.91 Å². The number of hydrogen-bond donors (Lipinski definition) is 1. The van der Waals surface area contributed by atoms with E-state index in [0.29, 0.717) is 37.3 Å². The summed E-state index contributed by atoms with van der Waals surface area (Å²) < 4.78 is 5.30. The van der Waals surface area contributed by atoms with Gasteiger partial charge in [0, 0.05) is 37.8 Å². The lowest BCUT2D eigenvalue weighted by molar-refractivity contribution is -0.119. The molecule has 0 saturated carbocycles. The maximum atomic E-state index is 12.5. The van der Waals surface area contributed by atoms with Crippen molar-refractivity contribution in [3.63, 3.8) is 0 Å². The first-order valence-electron chi connectivity index (χ1n) is 7.05. The molecule has 1 N–H and O–H groups in total. The molecule has 0 saturated heterocycles. The third kappa shape index (κ3) is 2.83. The van der Waals surface area contributed by atoms with Crippen LogP contribution in [0.4, 0.5) is 0 Å². The van der Waals surface area contributed by atoms with Crippen LogP contribution in [0.25, 0.3) is 0 Å². The van der Waals surface area contributed by atoms with Crippen LogP contribution < -0.4 is 5.32 Å². The molecule has 22 heavy (non-hydrogen) atoms. The van der Waals surface area contributed by atoms with Crippen molar-refractivity contribution < 1.29 is 14.1 Å². The second-order valence-electron chi connectivity index (χ2n) is 5.16. The predicted octanol–water partition coefficient (Wildman–Crippen LogP) is 0.904. The molecular weight excluding hydrogens is 284 g/mol. The molecule has 0 aromatic carbocycles. The number of rotatable bonds is 3. The molecule has 2 amide bonds. The van der Waals surface area contributed by atoms with Gasteiger partial charge in [0.05, 0.1) is 18.7 Å². The van der Waals surface area contributed by atoms with Gasteiger partial charge in [0.25, 0.3) is 5.91 Å². The standard InChI is InChI=1S/C15H16N4O3/c1-10(20)17-8-13-12-9-19(6-4-14(12)22-18-13)15(21)11-3-2-5-16-7-11/h2-3,5,7H,4,6,8-9H2,1H3,(H,17,20). The summed E-state index contributed by atoms with van der Waals surface area (Å²) in [7, 11) is 0. The van der Waals surface area contributed by atoms with Gasteiger partial charge in [-0.05, 0) is 12.1 Å². The minimum atomic E-state index is -0.129. The molecule has 3 rings (SSSR count). The molecular formula is C15H16N4O3.